The third-order valence-electron chi connectivity index (χ3n) is 5.70. The van der Waals surface area contributed by atoms with Crippen LogP contribution in [-0.2, 0) is 4.43 Å². The van der Waals surface area contributed by atoms with Crippen LogP contribution in [-0.4, -0.2) is 31.6 Å². The van der Waals surface area contributed by atoms with Crippen LogP contribution < -0.4 is 0 Å². The zero-order valence-electron chi connectivity index (χ0n) is 16.6. The van der Waals surface area contributed by atoms with Crippen LogP contribution >= 0.6 is 0 Å². The number of nitrogens with zero attached hydrogens (tertiary/aromatic N) is 1. The first-order valence-electron chi connectivity index (χ1n) is 9.06. The van der Waals surface area contributed by atoms with Crippen molar-refractivity contribution in [2.45, 2.75) is 103 Å². The Bertz CT molecular complexity index is 426. The minimum absolute atomic E-state index is 0.0652. The summed E-state index contributed by atoms with van der Waals surface area (Å²) in [6.07, 6.45) is -3.16. The maximum absolute atomic E-state index is 13.3. The van der Waals surface area contributed by atoms with Crippen molar-refractivity contribution in [1.29, 1.82) is 0 Å². The predicted molar refractivity (Wildman–Crippen MR) is 96.8 cm³/mol. The van der Waals surface area contributed by atoms with E-state index in [2.05, 4.69) is 0 Å². The maximum Gasteiger partial charge on any atom is 0.460 e. The molecule has 0 bridgehead atoms. The Morgan fingerprint density at radius 1 is 1.12 bits per heavy atom. The fraction of sp³-hybridized carbons (Fsp3) is 1.00. The highest BCUT2D eigenvalue weighted by molar-refractivity contribution is 6.74. The van der Waals surface area contributed by atoms with Crippen LogP contribution in [0.5, 0.6) is 0 Å². The van der Waals surface area contributed by atoms with Gasteiger partial charge in [0.2, 0.25) is 0 Å². The zero-order valence-corrected chi connectivity index (χ0v) is 17.6. The van der Waals surface area contributed by atoms with E-state index in [1.54, 1.807) is 0 Å². The summed E-state index contributed by atoms with van der Waals surface area (Å²) in [4.78, 5) is 9.94. The lowest BCUT2D eigenvalue weighted by molar-refractivity contribution is -0.573. The van der Waals surface area contributed by atoms with E-state index in [4.69, 9.17) is 4.43 Å². The maximum atomic E-state index is 13.3. The molecule has 150 valence electrons. The second-order valence-electron chi connectivity index (χ2n) is 8.16. The summed E-state index contributed by atoms with van der Waals surface area (Å²) in [6, 6.07) is -2.66. The van der Waals surface area contributed by atoms with Gasteiger partial charge in [-0.05, 0) is 30.5 Å². The molecule has 0 unspecified atom stereocenters. The highest BCUT2D eigenvalue weighted by atomic mass is 28.4. The first-order valence-corrected chi connectivity index (χ1v) is 12.0. The first kappa shape index (κ1) is 24.4. The average Bonchev–Trinajstić information content (AvgIpc) is 2.40. The van der Waals surface area contributed by atoms with Crippen molar-refractivity contribution in [3.63, 3.8) is 0 Å². The highest BCUT2D eigenvalue weighted by Crippen LogP contribution is 2.46. The molecule has 4 nitrogen and oxygen atoms in total. The van der Waals surface area contributed by atoms with Gasteiger partial charge in [-0.15, -0.1) is 0 Å². The normalized spacial score (nSPS) is 16.1. The first-order chi connectivity index (χ1) is 11.2. The molecule has 25 heavy (non-hydrogen) atoms. The number of rotatable bonds is 11. The fourth-order valence-electron chi connectivity index (χ4n) is 2.75. The largest absolute Gasteiger partial charge is 0.460 e. The SMILES string of the molecule is CCCCCC[C@@H](O[Si](C)(C)C(C)(C)C(C)C)[C@@H]([N+](=O)[O-])C(F)(F)F. The summed E-state index contributed by atoms with van der Waals surface area (Å²) in [5.41, 5.74) is 0. The molecule has 0 aromatic rings. The second kappa shape index (κ2) is 9.35. The minimum atomic E-state index is -4.91. The molecule has 0 saturated carbocycles. The number of nitro groups is 1. The van der Waals surface area contributed by atoms with Gasteiger partial charge in [-0.2, -0.15) is 13.2 Å². The number of unbranched alkanes of at least 4 members (excludes halogenated alkanes) is 3. The highest BCUT2D eigenvalue weighted by Gasteiger charge is 2.57. The van der Waals surface area contributed by atoms with Crippen LogP contribution in [0.1, 0.15) is 66.7 Å². The van der Waals surface area contributed by atoms with Gasteiger partial charge >= 0.3 is 12.2 Å². The van der Waals surface area contributed by atoms with Crippen molar-refractivity contribution in [1.82, 2.24) is 0 Å². The van der Waals surface area contributed by atoms with Crippen molar-refractivity contribution in [2.24, 2.45) is 5.92 Å². The number of alkyl halides is 3. The zero-order chi connectivity index (χ0) is 20.1. The van der Waals surface area contributed by atoms with E-state index < -0.39 is 31.6 Å². The van der Waals surface area contributed by atoms with Crippen molar-refractivity contribution in [2.75, 3.05) is 0 Å². The lowest BCUT2D eigenvalue weighted by Gasteiger charge is -2.44. The van der Waals surface area contributed by atoms with Crippen LogP contribution in [0.25, 0.3) is 0 Å². The Morgan fingerprint density at radius 2 is 1.64 bits per heavy atom. The van der Waals surface area contributed by atoms with Gasteiger partial charge in [0.1, 0.15) is 6.10 Å². The van der Waals surface area contributed by atoms with Gasteiger partial charge in [-0.1, -0.05) is 60.3 Å². The molecule has 0 aliphatic rings. The molecule has 0 aromatic carbocycles. The molecule has 0 aromatic heterocycles. The molecule has 0 amide bonds. The predicted octanol–water partition coefficient (Wildman–Crippen LogP) is 6.19. The molecule has 0 spiro atoms. The molecule has 0 saturated heterocycles. The summed E-state index contributed by atoms with van der Waals surface area (Å²) in [6.45, 7) is 13.7. The van der Waals surface area contributed by atoms with Crippen molar-refractivity contribution in [3.05, 3.63) is 10.1 Å². The number of halogens is 3. The summed E-state index contributed by atoms with van der Waals surface area (Å²) < 4.78 is 45.9. The molecule has 8 heteroatoms. The van der Waals surface area contributed by atoms with Crippen LogP contribution in [0.15, 0.2) is 0 Å². The fourth-order valence-corrected chi connectivity index (χ4v) is 5.44. The molecule has 0 heterocycles. The average molecular weight is 386 g/mol. The van der Waals surface area contributed by atoms with E-state index in [1.807, 2.05) is 47.7 Å². The molecule has 0 fully saturated rings. The quantitative estimate of drug-likeness (QED) is 0.184. The minimum Gasteiger partial charge on any atom is -0.407 e. The third-order valence-corrected chi connectivity index (χ3v) is 10.3. The van der Waals surface area contributed by atoms with Crippen molar-refractivity contribution >= 4 is 8.32 Å². The monoisotopic (exact) mass is 385 g/mol. The smallest absolute Gasteiger partial charge is 0.407 e. The molecule has 0 rings (SSSR count). The Morgan fingerprint density at radius 3 is 2.00 bits per heavy atom. The topological polar surface area (TPSA) is 52.4 Å². The van der Waals surface area contributed by atoms with Crippen LogP contribution in [0.3, 0.4) is 0 Å². The second-order valence-corrected chi connectivity index (χ2v) is 12.7. The van der Waals surface area contributed by atoms with E-state index in [9.17, 15) is 23.3 Å². The van der Waals surface area contributed by atoms with Crippen molar-refractivity contribution < 1.29 is 22.5 Å². The van der Waals surface area contributed by atoms with Crippen molar-refractivity contribution in [3.8, 4) is 0 Å². The summed E-state index contributed by atoms with van der Waals surface area (Å²) in [5, 5.41) is 10.9. The van der Waals surface area contributed by atoms with Gasteiger partial charge in [-0.25, -0.2) is 0 Å². The Hall–Kier alpha value is -0.633. The molecule has 0 radical (unpaired) electrons. The lowest BCUT2D eigenvalue weighted by Crippen LogP contribution is -2.54. The van der Waals surface area contributed by atoms with E-state index in [-0.39, 0.29) is 17.4 Å². The molecule has 0 aliphatic heterocycles. The molecule has 0 N–H and O–H groups in total. The van der Waals surface area contributed by atoms with Gasteiger partial charge in [0.25, 0.3) is 0 Å². The van der Waals surface area contributed by atoms with Gasteiger partial charge in [0.15, 0.2) is 8.32 Å². The Kier molecular flexibility index (Phi) is 9.11. The number of hydrogen-bond acceptors (Lipinski definition) is 3. The molecule has 2 atom stereocenters. The molecule has 0 aliphatic carbocycles. The number of hydrogen-bond donors (Lipinski definition) is 0. The Labute approximate surface area is 150 Å². The third kappa shape index (κ3) is 6.88. The van der Waals surface area contributed by atoms with Gasteiger partial charge in [0.05, 0.1) is 0 Å². The van der Waals surface area contributed by atoms with E-state index in [0.717, 1.165) is 19.3 Å². The summed E-state index contributed by atoms with van der Waals surface area (Å²) in [7, 11) is -2.62. The molecular formula is C17H34F3NO3Si. The van der Waals surface area contributed by atoms with Crippen LogP contribution in [0, 0.1) is 16.0 Å². The molecular weight excluding hydrogens is 351 g/mol. The van der Waals surface area contributed by atoms with Crippen LogP contribution in [0.4, 0.5) is 13.2 Å². The van der Waals surface area contributed by atoms with E-state index >= 15 is 0 Å². The van der Waals surface area contributed by atoms with E-state index in [1.165, 1.54) is 0 Å². The summed E-state index contributed by atoms with van der Waals surface area (Å²) >= 11 is 0. The summed E-state index contributed by atoms with van der Waals surface area (Å²) in [5.74, 6) is 0.204. The van der Waals surface area contributed by atoms with Gasteiger partial charge < -0.3 is 4.43 Å². The van der Waals surface area contributed by atoms with Crippen LogP contribution in [0.2, 0.25) is 18.1 Å². The van der Waals surface area contributed by atoms with E-state index in [0.29, 0.717) is 6.42 Å². The van der Waals surface area contributed by atoms with Gasteiger partial charge in [-0.3, -0.25) is 10.1 Å². The Balaban J connectivity index is 5.54. The lowest BCUT2D eigenvalue weighted by atomic mass is 9.99. The standard InChI is InChI=1S/C17H34F3NO3Si/c1-8-9-10-11-12-14(15(21(22)23)17(18,19)20)24-25(6,7)16(4,5)13(2)3/h13-15H,8-12H2,1-7H3/t14-,15-/m1/s1. The van der Waals surface area contributed by atoms with Gasteiger partial charge in [0, 0.05) is 4.92 Å².